The van der Waals surface area contributed by atoms with Gasteiger partial charge in [-0.2, -0.15) is 0 Å². The second kappa shape index (κ2) is 4.97. The van der Waals surface area contributed by atoms with Gasteiger partial charge in [-0.05, 0) is 29.2 Å². The van der Waals surface area contributed by atoms with Crippen LogP contribution in [-0.2, 0) is 16.0 Å². The summed E-state index contributed by atoms with van der Waals surface area (Å²) < 4.78 is 5.55. The van der Waals surface area contributed by atoms with Crippen LogP contribution in [0.3, 0.4) is 0 Å². The molecule has 2 nitrogen and oxygen atoms in total. The van der Waals surface area contributed by atoms with E-state index >= 15 is 0 Å². The van der Waals surface area contributed by atoms with Crippen molar-refractivity contribution in [1.29, 1.82) is 0 Å². The van der Waals surface area contributed by atoms with Gasteiger partial charge in [0.15, 0.2) is 0 Å². The lowest BCUT2D eigenvalue weighted by atomic mass is 9.85. The molecule has 3 rings (SSSR count). The Balaban J connectivity index is 2.21. The van der Waals surface area contributed by atoms with Crippen molar-refractivity contribution in [3.63, 3.8) is 0 Å². The van der Waals surface area contributed by atoms with Crippen molar-refractivity contribution in [1.82, 2.24) is 0 Å². The Morgan fingerprint density at radius 1 is 1.26 bits per heavy atom. The van der Waals surface area contributed by atoms with Crippen LogP contribution in [0.25, 0.3) is 10.8 Å². The largest absolute Gasteiger partial charge is 0.456 e. The number of rotatable bonds is 1. The average Bonchev–Trinajstić information content (AvgIpc) is 2.41. The molecule has 2 aromatic rings. The van der Waals surface area contributed by atoms with Gasteiger partial charge in [-0.25, -0.2) is 0 Å². The molecule has 0 saturated carbocycles. The maximum atomic E-state index is 11.4. The number of carbonyl (C=O) groups excluding carboxylic acids is 1. The van der Waals surface area contributed by atoms with Gasteiger partial charge < -0.3 is 4.74 Å². The molecule has 1 aliphatic carbocycles. The molecule has 1 aliphatic rings. The Morgan fingerprint density at radius 2 is 2.05 bits per heavy atom. The monoisotopic (exact) mass is 318 g/mol. The molecule has 0 aromatic heterocycles. The highest BCUT2D eigenvalue weighted by Gasteiger charge is 2.31. The third kappa shape index (κ3) is 2.27. The Hall–Kier alpha value is -1.35. The minimum absolute atomic E-state index is 0.188. The van der Waals surface area contributed by atoms with E-state index in [0.29, 0.717) is 0 Å². The van der Waals surface area contributed by atoms with Crippen molar-refractivity contribution >= 4 is 32.7 Å². The molecule has 0 N–H and O–H groups in total. The fourth-order valence-corrected chi connectivity index (χ4v) is 3.43. The summed E-state index contributed by atoms with van der Waals surface area (Å²) in [6, 6.07) is 12.6. The number of halogens is 1. The van der Waals surface area contributed by atoms with Crippen LogP contribution in [0.1, 0.15) is 30.6 Å². The van der Waals surface area contributed by atoms with Crippen LogP contribution in [-0.4, -0.2) is 10.8 Å². The molecule has 0 bridgehead atoms. The highest BCUT2D eigenvalue weighted by Crippen LogP contribution is 2.40. The molecule has 2 atom stereocenters. The van der Waals surface area contributed by atoms with Gasteiger partial charge in [0.2, 0.25) is 0 Å². The lowest BCUT2D eigenvalue weighted by Gasteiger charge is -2.30. The van der Waals surface area contributed by atoms with Gasteiger partial charge in [0.1, 0.15) is 6.10 Å². The van der Waals surface area contributed by atoms with Gasteiger partial charge in [0.25, 0.3) is 0 Å². The van der Waals surface area contributed by atoms with Gasteiger partial charge in [-0.1, -0.05) is 52.3 Å². The van der Waals surface area contributed by atoms with Crippen molar-refractivity contribution in [3.05, 3.63) is 47.5 Å². The lowest BCUT2D eigenvalue weighted by Crippen LogP contribution is -2.25. The second-order valence-electron chi connectivity index (χ2n) is 4.94. The van der Waals surface area contributed by atoms with Crippen molar-refractivity contribution in [2.45, 2.75) is 30.7 Å². The average molecular weight is 319 g/mol. The van der Waals surface area contributed by atoms with Gasteiger partial charge in [-0.15, -0.1) is 0 Å². The van der Waals surface area contributed by atoms with E-state index in [0.717, 1.165) is 12.8 Å². The number of benzene rings is 2. The molecule has 0 spiro atoms. The third-order valence-corrected chi connectivity index (χ3v) is 4.59. The van der Waals surface area contributed by atoms with Gasteiger partial charge in [0, 0.05) is 12.5 Å². The standard InChI is InChI=1S/C16H15BrO2/c1-10(18)19-16-14(17)9-8-12-7-6-11-4-2-3-5-13(11)15(12)16/h2-7,14,16H,8-9H2,1H3. The summed E-state index contributed by atoms with van der Waals surface area (Å²) in [6.07, 6.45) is 1.82. The summed E-state index contributed by atoms with van der Waals surface area (Å²) in [4.78, 5) is 11.5. The molecule has 0 radical (unpaired) electrons. The number of alkyl halides is 1. The van der Waals surface area contributed by atoms with Crippen LogP contribution in [0.5, 0.6) is 0 Å². The summed E-state index contributed by atoms with van der Waals surface area (Å²) in [5.74, 6) is -0.227. The molecule has 19 heavy (non-hydrogen) atoms. The number of esters is 1. The van der Waals surface area contributed by atoms with Crippen LogP contribution in [0.4, 0.5) is 0 Å². The zero-order valence-electron chi connectivity index (χ0n) is 10.7. The zero-order valence-corrected chi connectivity index (χ0v) is 12.3. The first-order valence-corrected chi connectivity index (χ1v) is 7.40. The Bertz CT molecular complexity index is 636. The number of fused-ring (bicyclic) bond motifs is 3. The van der Waals surface area contributed by atoms with Gasteiger partial charge in [0.05, 0.1) is 4.83 Å². The van der Waals surface area contributed by atoms with E-state index in [-0.39, 0.29) is 16.9 Å². The molecule has 0 heterocycles. The zero-order chi connectivity index (χ0) is 13.4. The molecular formula is C16H15BrO2. The topological polar surface area (TPSA) is 26.3 Å². The molecule has 2 aromatic carbocycles. The molecule has 0 amide bonds. The van der Waals surface area contributed by atoms with Crippen LogP contribution < -0.4 is 0 Å². The molecule has 98 valence electrons. The third-order valence-electron chi connectivity index (χ3n) is 3.66. The van der Waals surface area contributed by atoms with Crippen molar-refractivity contribution in [3.8, 4) is 0 Å². The maximum Gasteiger partial charge on any atom is 0.303 e. The molecule has 2 unspecified atom stereocenters. The number of hydrogen-bond acceptors (Lipinski definition) is 2. The minimum atomic E-state index is -0.227. The maximum absolute atomic E-state index is 11.4. The molecule has 3 heteroatoms. The quantitative estimate of drug-likeness (QED) is 0.583. The van der Waals surface area contributed by atoms with E-state index in [1.54, 1.807) is 0 Å². The van der Waals surface area contributed by atoms with E-state index in [9.17, 15) is 4.79 Å². The first-order chi connectivity index (χ1) is 9.16. The summed E-state index contributed by atoms with van der Waals surface area (Å²) in [7, 11) is 0. The molecule has 0 aliphatic heterocycles. The Labute approximate surface area is 120 Å². The van der Waals surface area contributed by atoms with Crippen LogP contribution >= 0.6 is 15.9 Å². The number of carbonyl (C=O) groups is 1. The van der Waals surface area contributed by atoms with E-state index in [4.69, 9.17) is 4.74 Å². The molecular weight excluding hydrogens is 304 g/mol. The van der Waals surface area contributed by atoms with Gasteiger partial charge >= 0.3 is 5.97 Å². The Morgan fingerprint density at radius 3 is 2.84 bits per heavy atom. The lowest BCUT2D eigenvalue weighted by molar-refractivity contribution is -0.146. The normalized spacial score (nSPS) is 22.0. The summed E-state index contributed by atoms with van der Waals surface area (Å²) in [5, 5.41) is 2.38. The van der Waals surface area contributed by atoms with Gasteiger partial charge in [-0.3, -0.25) is 4.79 Å². The Kier molecular flexibility index (Phi) is 3.31. The van der Waals surface area contributed by atoms with E-state index in [1.807, 2.05) is 12.1 Å². The minimum Gasteiger partial charge on any atom is -0.456 e. The fourth-order valence-electron chi connectivity index (χ4n) is 2.83. The van der Waals surface area contributed by atoms with Crippen molar-refractivity contribution in [2.24, 2.45) is 0 Å². The fraction of sp³-hybridized carbons (Fsp3) is 0.312. The van der Waals surface area contributed by atoms with E-state index < -0.39 is 0 Å². The van der Waals surface area contributed by atoms with Crippen molar-refractivity contribution < 1.29 is 9.53 Å². The first-order valence-electron chi connectivity index (χ1n) is 6.48. The van der Waals surface area contributed by atoms with E-state index in [2.05, 4.69) is 40.2 Å². The van der Waals surface area contributed by atoms with Crippen LogP contribution in [0.15, 0.2) is 36.4 Å². The SMILES string of the molecule is CC(=O)OC1c2c(ccc3ccccc23)CCC1Br. The highest BCUT2D eigenvalue weighted by molar-refractivity contribution is 9.09. The predicted octanol–water partition coefficient (Wildman–Crippen LogP) is 4.15. The predicted molar refractivity (Wildman–Crippen MR) is 79.5 cm³/mol. The summed E-state index contributed by atoms with van der Waals surface area (Å²) in [6.45, 7) is 1.47. The summed E-state index contributed by atoms with van der Waals surface area (Å²) >= 11 is 3.66. The first kappa shape index (κ1) is 12.7. The second-order valence-corrected chi connectivity index (χ2v) is 6.12. The smallest absolute Gasteiger partial charge is 0.303 e. The van der Waals surface area contributed by atoms with E-state index in [1.165, 1.54) is 28.8 Å². The van der Waals surface area contributed by atoms with Crippen LogP contribution in [0, 0.1) is 0 Å². The van der Waals surface area contributed by atoms with Crippen LogP contribution in [0.2, 0.25) is 0 Å². The number of hydrogen-bond donors (Lipinski definition) is 0. The summed E-state index contributed by atoms with van der Waals surface area (Å²) in [5.41, 5.74) is 2.46. The van der Waals surface area contributed by atoms with Crippen molar-refractivity contribution in [2.75, 3.05) is 0 Å². The molecule has 0 fully saturated rings. The number of ether oxygens (including phenoxy) is 1. The number of aryl methyl sites for hydroxylation is 1. The molecule has 0 saturated heterocycles. The highest BCUT2D eigenvalue weighted by atomic mass is 79.9.